The topological polar surface area (TPSA) is 47.6 Å². The molecule has 0 amide bonds. The molecule has 0 saturated heterocycles. The summed E-state index contributed by atoms with van der Waals surface area (Å²) >= 11 is 5.81. The van der Waals surface area contributed by atoms with Crippen LogP contribution in [0.3, 0.4) is 0 Å². The lowest BCUT2D eigenvalue weighted by atomic mass is 10.0. The van der Waals surface area contributed by atoms with Crippen LogP contribution in [-0.2, 0) is 14.3 Å². The van der Waals surface area contributed by atoms with Gasteiger partial charge in [-0.15, -0.1) is 0 Å². The molecule has 0 heterocycles. The third-order valence-corrected chi connectivity index (χ3v) is 2.75. The van der Waals surface area contributed by atoms with E-state index in [9.17, 15) is 4.79 Å². The molecule has 0 spiro atoms. The first-order valence-corrected chi connectivity index (χ1v) is 6.09. The second kappa shape index (κ2) is 6.61. The highest BCUT2D eigenvalue weighted by Gasteiger charge is 2.34. The van der Waals surface area contributed by atoms with Gasteiger partial charge in [-0.1, -0.05) is 11.6 Å². The lowest BCUT2D eigenvalue weighted by molar-refractivity contribution is -0.147. The number of rotatable bonds is 6. The van der Waals surface area contributed by atoms with Crippen LogP contribution >= 0.6 is 11.6 Å². The normalized spacial score (nSPS) is 13.8. The second-order valence-corrected chi connectivity index (χ2v) is 4.53. The van der Waals surface area contributed by atoms with Crippen molar-refractivity contribution in [2.24, 2.45) is 0 Å². The zero-order valence-corrected chi connectivity index (χ0v) is 11.6. The van der Waals surface area contributed by atoms with Crippen molar-refractivity contribution in [1.82, 2.24) is 0 Å². The van der Waals surface area contributed by atoms with Crippen LogP contribution < -0.4 is 5.32 Å². The van der Waals surface area contributed by atoms with Crippen LogP contribution in [0.25, 0.3) is 0 Å². The van der Waals surface area contributed by atoms with E-state index in [0.29, 0.717) is 11.6 Å². The van der Waals surface area contributed by atoms with Gasteiger partial charge in [0, 0.05) is 17.3 Å². The van der Waals surface area contributed by atoms with Crippen molar-refractivity contribution in [3.05, 3.63) is 29.3 Å². The van der Waals surface area contributed by atoms with Gasteiger partial charge in [0.25, 0.3) is 0 Å². The Bertz CT molecular complexity index is 394. The number of benzene rings is 1. The van der Waals surface area contributed by atoms with Crippen molar-refractivity contribution in [1.29, 1.82) is 0 Å². The molecular weight excluding hydrogens is 254 g/mol. The molecule has 0 saturated carbocycles. The van der Waals surface area contributed by atoms with E-state index in [4.69, 9.17) is 21.1 Å². The van der Waals surface area contributed by atoms with Gasteiger partial charge in [0.05, 0.1) is 13.7 Å². The number of carbonyl (C=O) groups excluding carboxylic acids is 1. The molecule has 5 heteroatoms. The average molecular weight is 272 g/mol. The maximum absolute atomic E-state index is 11.8. The summed E-state index contributed by atoms with van der Waals surface area (Å²) in [7, 11) is 1.36. The average Bonchev–Trinajstić information content (AvgIpc) is 2.38. The summed E-state index contributed by atoms with van der Waals surface area (Å²) in [6.45, 7) is 4.39. The molecule has 0 aliphatic heterocycles. The Labute approximate surface area is 112 Å². The van der Waals surface area contributed by atoms with Gasteiger partial charge in [0.15, 0.2) is 5.54 Å². The van der Waals surface area contributed by atoms with E-state index < -0.39 is 5.54 Å². The first kappa shape index (κ1) is 14.8. The molecule has 0 aliphatic rings. The van der Waals surface area contributed by atoms with Gasteiger partial charge in [0.1, 0.15) is 0 Å². The highest BCUT2D eigenvalue weighted by molar-refractivity contribution is 6.30. The van der Waals surface area contributed by atoms with Crippen LogP contribution in [0.2, 0.25) is 5.02 Å². The molecule has 4 nitrogen and oxygen atoms in total. The number of hydrogen-bond acceptors (Lipinski definition) is 4. The van der Waals surface area contributed by atoms with Gasteiger partial charge in [0.2, 0.25) is 0 Å². The van der Waals surface area contributed by atoms with Gasteiger partial charge in [-0.3, -0.25) is 0 Å². The maximum atomic E-state index is 11.8. The first-order valence-electron chi connectivity index (χ1n) is 5.71. The molecule has 0 bridgehead atoms. The van der Waals surface area contributed by atoms with Crippen LogP contribution in [0.15, 0.2) is 24.3 Å². The van der Waals surface area contributed by atoms with Crippen LogP contribution in [0.5, 0.6) is 0 Å². The van der Waals surface area contributed by atoms with Crippen LogP contribution in [0.4, 0.5) is 5.69 Å². The fourth-order valence-electron chi connectivity index (χ4n) is 1.53. The first-order chi connectivity index (χ1) is 8.51. The molecule has 0 radical (unpaired) electrons. The van der Waals surface area contributed by atoms with Crippen molar-refractivity contribution in [3.8, 4) is 0 Å². The van der Waals surface area contributed by atoms with Crippen molar-refractivity contribution in [2.45, 2.75) is 19.4 Å². The lowest BCUT2D eigenvalue weighted by Crippen LogP contribution is -2.48. The molecular formula is C13H18ClNO3. The summed E-state index contributed by atoms with van der Waals surface area (Å²) in [5.74, 6) is -0.370. The maximum Gasteiger partial charge on any atom is 0.333 e. The monoisotopic (exact) mass is 271 g/mol. The summed E-state index contributed by atoms with van der Waals surface area (Å²) in [6.07, 6.45) is 0. The van der Waals surface area contributed by atoms with Gasteiger partial charge >= 0.3 is 5.97 Å². The quantitative estimate of drug-likeness (QED) is 0.808. The number of methoxy groups -OCH3 is 1. The molecule has 1 aromatic rings. The predicted octanol–water partition coefficient (Wildman–Crippen LogP) is 2.72. The minimum atomic E-state index is -0.918. The Morgan fingerprint density at radius 1 is 1.39 bits per heavy atom. The molecule has 1 rings (SSSR count). The number of nitrogens with one attached hydrogen (secondary N) is 1. The lowest BCUT2D eigenvalue weighted by Gasteiger charge is -2.28. The zero-order valence-electron chi connectivity index (χ0n) is 10.8. The van der Waals surface area contributed by atoms with Crippen molar-refractivity contribution < 1.29 is 14.3 Å². The van der Waals surface area contributed by atoms with E-state index in [1.165, 1.54) is 7.11 Å². The highest BCUT2D eigenvalue weighted by Crippen LogP contribution is 2.19. The molecule has 0 aromatic heterocycles. The number of halogens is 1. The Morgan fingerprint density at radius 2 is 2.00 bits per heavy atom. The number of ether oxygens (including phenoxy) is 2. The fourth-order valence-corrected chi connectivity index (χ4v) is 1.66. The van der Waals surface area contributed by atoms with Gasteiger partial charge in [-0.05, 0) is 38.1 Å². The fraction of sp³-hybridized carbons (Fsp3) is 0.462. The van der Waals surface area contributed by atoms with E-state index in [2.05, 4.69) is 5.32 Å². The zero-order chi connectivity index (χ0) is 13.6. The summed E-state index contributed by atoms with van der Waals surface area (Å²) in [5.41, 5.74) is -0.134. The Kier molecular flexibility index (Phi) is 5.44. The SMILES string of the molecule is CCOCC(C)(Nc1ccc(Cl)cc1)C(=O)OC. The standard InChI is InChI=1S/C13H18ClNO3/c1-4-18-9-13(2,12(16)17-3)15-11-7-5-10(14)6-8-11/h5-8,15H,4,9H2,1-3H3. The third kappa shape index (κ3) is 3.89. The third-order valence-electron chi connectivity index (χ3n) is 2.50. The molecule has 18 heavy (non-hydrogen) atoms. The Hall–Kier alpha value is -1.26. The van der Waals surface area contributed by atoms with Gasteiger partial charge in [-0.2, -0.15) is 0 Å². The van der Waals surface area contributed by atoms with E-state index in [1.807, 2.05) is 6.92 Å². The van der Waals surface area contributed by atoms with E-state index in [-0.39, 0.29) is 12.6 Å². The minimum Gasteiger partial charge on any atom is -0.467 e. The van der Waals surface area contributed by atoms with Gasteiger partial charge < -0.3 is 14.8 Å². The number of anilines is 1. The number of hydrogen-bond donors (Lipinski definition) is 1. The largest absolute Gasteiger partial charge is 0.467 e. The van der Waals surface area contributed by atoms with Crippen LogP contribution in [0, 0.1) is 0 Å². The van der Waals surface area contributed by atoms with Crippen molar-refractivity contribution in [3.63, 3.8) is 0 Å². The van der Waals surface area contributed by atoms with E-state index >= 15 is 0 Å². The van der Waals surface area contributed by atoms with Crippen LogP contribution in [-0.4, -0.2) is 31.8 Å². The highest BCUT2D eigenvalue weighted by atomic mass is 35.5. The van der Waals surface area contributed by atoms with Crippen LogP contribution in [0.1, 0.15) is 13.8 Å². The number of esters is 1. The molecule has 0 fully saturated rings. The molecule has 100 valence electrons. The second-order valence-electron chi connectivity index (χ2n) is 4.09. The smallest absolute Gasteiger partial charge is 0.333 e. The van der Waals surface area contributed by atoms with Gasteiger partial charge in [-0.25, -0.2) is 4.79 Å². The molecule has 0 aliphatic carbocycles. The molecule has 1 aromatic carbocycles. The van der Waals surface area contributed by atoms with E-state index in [1.54, 1.807) is 31.2 Å². The summed E-state index contributed by atoms with van der Waals surface area (Å²) in [6, 6.07) is 7.11. The predicted molar refractivity (Wildman–Crippen MR) is 72.0 cm³/mol. The van der Waals surface area contributed by atoms with Crippen molar-refractivity contribution >= 4 is 23.3 Å². The molecule has 1 N–H and O–H groups in total. The minimum absolute atomic E-state index is 0.235. The Balaban J connectivity index is 2.83. The number of carbonyl (C=O) groups is 1. The summed E-state index contributed by atoms with van der Waals surface area (Å²) in [4.78, 5) is 11.8. The molecule has 1 atom stereocenters. The molecule has 1 unspecified atom stereocenters. The van der Waals surface area contributed by atoms with E-state index in [0.717, 1.165) is 5.69 Å². The van der Waals surface area contributed by atoms with Crippen molar-refractivity contribution in [2.75, 3.05) is 25.6 Å². The summed E-state index contributed by atoms with van der Waals surface area (Å²) in [5, 5.41) is 3.75. The Morgan fingerprint density at radius 3 is 2.50 bits per heavy atom. The summed E-state index contributed by atoms with van der Waals surface area (Å²) < 4.78 is 10.1.